The molecule has 24 heavy (non-hydrogen) atoms. The van der Waals surface area contributed by atoms with Crippen LogP contribution in [0, 0.1) is 0 Å². The summed E-state index contributed by atoms with van der Waals surface area (Å²) in [5, 5.41) is 18.5. The van der Waals surface area contributed by atoms with Crippen LogP contribution in [0.3, 0.4) is 0 Å². The first-order valence-electron chi connectivity index (χ1n) is 7.89. The fourth-order valence-corrected chi connectivity index (χ4v) is 2.66. The standard InChI is InChI=1S/C19H20ClN3O/c1-12(2)22-11-13-3-5-15(10-19(13)24)23-17-7-8-21-18-9-14(20)4-6-16(17)18/h3-10,12,22,24H,11H2,1-2H3,(H,21,23). The van der Waals surface area contributed by atoms with Gasteiger partial charge in [0.1, 0.15) is 5.75 Å². The monoisotopic (exact) mass is 341 g/mol. The van der Waals surface area contributed by atoms with E-state index in [1.54, 1.807) is 12.3 Å². The van der Waals surface area contributed by atoms with Crippen molar-refractivity contribution in [3.63, 3.8) is 0 Å². The number of phenols is 1. The summed E-state index contributed by atoms with van der Waals surface area (Å²) in [6.45, 7) is 4.79. The van der Waals surface area contributed by atoms with Crippen molar-refractivity contribution in [2.75, 3.05) is 5.32 Å². The second-order valence-corrected chi connectivity index (χ2v) is 6.46. The molecule has 3 aromatic rings. The van der Waals surface area contributed by atoms with Crippen molar-refractivity contribution >= 4 is 33.9 Å². The minimum absolute atomic E-state index is 0.273. The summed E-state index contributed by atoms with van der Waals surface area (Å²) in [6.07, 6.45) is 1.74. The highest BCUT2D eigenvalue weighted by Crippen LogP contribution is 2.29. The minimum atomic E-state index is 0.273. The molecule has 0 atom stereocenters. The highest BCUT2D eigenvalue weighted by molar-refractivity contribution is 6.31. The van der Waals surface area contributed by atoms with Crippen LogP contribution >= 0.6 is 11.6 Å². The molecular formula is C19H20ClN3O. The Labute approximate surface area is 146 Å². The number of benzene rings is 2. The Morgan fingerprint density at radius 2 is 1.96 bits per heavy atom. The van der Waals surface area contributed by atoms with Gasteiger partial charge >= 0.3 is 0 Å². The Kier molecular flexibility index (Phi) is 4.88. The fourth-order valence-electron chi connectivity index (χ4n) is 2.49. The predicted octanol–water partition coefficient (Wildman–Crippen LogP) is 4.84. The first kappa shape index (κ1) is 16.6. The molecule has 0 aliphatic carbocycles. The molecule has 1 heterocycles. The van der Waals surface area contributed by atoms with Crippen LogP contribution in [0.4, 0.5) is 11.4 Å². The van der Waals surface area contributed by atoms with Gasteiger partial charge in [-0.2, -0.15) is 0 Å². The maximum absolute atomic E-state index is 10.2. The quantitative estimate of drug-likeness (QED) is 0.621. The van der Waals surface area contributed by atoms with Gasteiger partial charge in [0.2, 0.25) is 0 Å². The summed E-state index contributed by atoms with van der Waals surface area (Å²) in [4.78, 5) is 4.33. The van der Waals surface area contributed by atoms with Gasteiger partial charge in [-0.15, -0.1) is 0 Å². The van der Waals surface area contributed by atoms with Gasteiger partial charge in [0.15, 0.2) is 0 Å². The largest absolute Gasteiger partial charge is 0.508 e. The van der Waals surface area contributed by atoms with E-state index in [9.17, 15) is 5.11 Å². The smallest absolute Gasteiger partial charge is 0.122 e. The van der Waals surface area contributed by atoms with Crippen LogP contribution in [0.25, 0.3) is 10.9 Å². The Morgan fingerprint density at radius 3 is 2.71 bits per heavy atom. The molecule has 124 valence electrons. The highest BCUT2D eigenvalue weighted by atomic mass is 35.5. The molecule has 3 N–H and O–H groups in total. The van der Waals surface area contributed by atoms with E-state index in [-0.39, 0.29) is 5.75 Å². The molecule has 4 nitrogen and oxygen atoms in total. The molecular weight excluding hydrogens is 322 g/mol. The van der Waals surface area contributed by atoms with Crippen LogP contribution in [-0.2, 0) is 6.54 Å². The Hall–Kier alpha value is -2.30. The molecule has 3 rings (SSSR count). The number of aromatic hydroxyl groups is 1. The maximum Gasteiger partial charge on any atom is 0.122 e. The van der Waals surface area contributed by atoms with Crippen LogP contribution in [0.1, 0.15) is 19.4 Å². The molecule has 0 fully saturated rings. The van der Waals surface area contributed by atoms with Crippen molar-refractivity contribution < 1.29 is 5.11 Å². The summed E-state index contributed by atoms with van der Waals surface area (Å²) < 4.78 is 0. The zero-order valence-corrected chi connectivity index (χ0v) is 14.4. The van der Waals surface area contributed by atoms with Crippen molar-refractivity contribution in [3.8, 4) is 5.75 Å². The third-order valence-corrected chi connectivity index (χ3v) is 4.00. The number of fused-ring (bicyclic) bond motifs is 1. The normalized spacial score (nSPS) is 11.2. The summed E-state index contributed by atoms with van der Waals surface area (Å²) >= 11 is 6.02. The number of aromatic nitrogens is 1. The van der Waals surface area contributed by atoms with Gasteiger partial charge in [0.05, 0.1) is 5.52 Å². The maximum atomic E-state index is 10.2. The minimum Gasteiger partial charge on any atom is -0.508 e. The predicted molar refractivity (Wildman–Crippen MR) is 100 cm³/mol. The van der Waals surface area contributed by atoms with Gasteiger partial charge in [0.25, 0.3) is 0 Å². The van der Waals surface area contributed by atoms with Crippen LogP contribution in [0.5, 0.6) is 5.75 Å². The summed E-state index contributed by atoms with van der Waals surface area (Å²) in [5.74, 6) is 0.273. The van der Waals surface area contributed by atoms with E-state index in [4.69, 9.17) is 11.6 Å². The van der Waals surface area contributed by atoms with Crippen LogP contribution in [-0.4, -0.2) is 16.1 Å². The molecule has 0 saturated carbocycles. The van der Waals surface area contributed by atoms with Crippen molar-refractivity contribution in [2.24, 2.45) is 0 Å². The number of rotatable bonds is 5. The molecule has 0 amide bonds. The third-order valence-electron chi connectivity index (χ3n) is 3.77. The lowest BCUT2D eigenvalue weighted by Crippen LogP contribution is -2.21. The number of phenolic OH excluding ortho intramolecular Hbond substituents is 1. The first-order chi connectivity index (χ1) is 11.5. The highest BCUT2D eigenvalue weighted by Gasteiger charge is 2.06. The van der Waals surface area contributed by atoms with Gasteiger partial charge in [0, 0.05) is 52.2 Å². The Morgan fingerprint density at radius 1 is 1.12 bits per heavy atom. The van der Waals surface area contributed by atoms with Gasteiger partial charge in [-0.3, -0.25) is 4.98 Å². The van der Waals surface area contributed by atoms with E-state index in [0.29, 0.717) is 17.6 Å². The molecule has 0 unspecified atom stereocenters. The van der Waals surface area contributed by atoms with Gasteiger partial charge in [-0.1, -0.05) is 31.5 Å². The lowest BCUT2D eigenvalue weighted by Gasteiger charge is -2.13. The summed E-state index contributed by atoms with van der Waals surface area (Å²) in [5.41, 5.74) is 3.45. The van der Waals surface area contributed by atoms with Crippen LogP contribution in [0.2, 0.25) is 5.02 Å². The van der Waals surface area contributed by atoms with Gasteiger partial charge < -0.3 is 15.7 Å². The number of nitrogens with one attached hydrogen (secondary N) is 2. The van der Waals surface area contributed by atoms with Crippen molar-refractivity contribution in [2.45, 2.75) is 26.4 Å². The number of halogens is 1. The third kappa shape index (κ3) is 3.78. The number of hydrogen-bond acceptors (Lipinski definition) is 4. The molecule has 5 heteroatoms. The average molecular weight is 342 g/mol. The number of anilines is 2. The van der Waals surface area contributed by atoms with Gasteiger partial charge in [-0.25, -0.2) is 0 Å². The topological polar surface area (TPSA) is 57.2 Å². The lowest BCUT2D eigenvalue weighted by atomic mass is 10.1. The molecule has 0 bridgehead atoms. The van der Waals surface area contributed by atoms with Crippen molar-refractivity contribution in [3.05, 3.63) is 59.2 Å². The lowest BCUT2D eigenvalue weighted by molar-refractivity contribution is 0.461. The zero-order chi connectivity index (χ0) is 17.1. The van der Waals surface area contributed by atoms with Crippen molar-refractivity contribution in [1.29, 1.82) is 0 Å². The molecule has 0 aliphatic rings. The van der Waals surface area contributed by atoms with E-state index in [1.807, 2.05) is 36.4 Å². The molecule has 0 radical (unpaired) electrons. The Balaban J connectivity index is 1.85. The number of nitrogens with zero attached hydrogens (tertiary/aromatic N) is 1. The molecule has 1 aromatic heterocycles. The zero-order valence-electron chi connectivity index (χ0n) is 13.7. The summed E-state index contributed by atoms with van der Waals surface area (Å²) in [7, 11) is 0. The SMILES string of the molecule is CC(C)NCc1ccc(Nc2ccnc3cc(Cl)ccc23)cc1O. The molecule has 2 aromatic carbocycles. The second-order valence-electron chi connectivity index (χ2n) is 6.02. The Bertz CT molecular complexity index is 864. The van der Waals surface area contributed by atoms with E-state index in [0.717, 1.165) is 27.8 Å². The number of pyridine rings is 1. The fraction of sp³-hybridized carbons (Fsp3) is 0.211. The van der Waals surface area contributed by atoms with Crippen LogP contribution in [0.15, 0.2) is 48.7 Å². The average Bonchev–Trinajstić information content (AvgIpc) is 2.54. The van der Waals surface area contributed by atoms with E-state index in [2.05, 4.69) is 29.5 Å². The summed E-state index contributed by atoms with van der Waals surface area (Å²) in [6, 6.07) is 13.5. The number of hydrogen-bond donors (Lipinski definition) is 3. The molecule has 0 aliphatic heterocycles. The molecule has 0 saturated heterocycles. The van der Waals surface area contributed by atoms with Crippen molar-refractivity contribution in [1.82, 2.24) is 10.3 Å². The van der Waals surface area contributed by atoms with E-state index in [1.165, 1.54) is 0 Å². The second kappa shape index (κ2) is 7.07. The van der Waals surface area contributed by atoms with E-state index < -0.39 is 0 Å². The van der Waals surface area contributed by atoms with Crippen LogP contribution < -0.4 is 10.6 Å². The molecule has 0 spiro atoms. The van der Waals surface area contributed by atoms with Gasteiger partial charge in [-0.05, 0) is 30.3 Å². The van der Waals surface area contributed by atoms with E-state index >= 15 is 0 Å². The first-order valence-corrected chi connectivity index (χ1v) is 8.27.